The van der Waals surface area contributed by atoms with Crippen molar-refractivity contribution >= 4 is 33.0 Å². The van der Waals surface area contributed by atoms with E-state index >= 15 is 4.39 Å². The van der Waals surface area contributed by atoms with E-state index in [4.69, 9.17) is 14.7 Å². The Morgan fingerprint density at radius 1 is 0.745 bits per heavy atom. The van der Waals surface area contributed by atoms with E-state index in [0.29, 0.717) is 11.1 Å². The van der Waals surface area contributed by atoms with Gasteiger partial charge in [-0.1, -0.05) is 92.7 Å². The van der Waals surface area contributed by atoms with Gasteiger partial charge in [0.05, 0.1) is 22.7 Å². The monoisotopic (exact) mass is 614 g/mol. The van der Waals surface area contributed by atoms with Gasteiger partial charge in [-0.15, -0.1) is 0 Å². The Morgan fingerprint density at radius 3 is 2.32 bits per heavy atom. The number of imidazole rings is 1. The predicted octanol–water partition coefficient (Wildman–Crippen LogP) is 10.2. The van der Waals surface area contributed by atoms with Crippen molar-refractivity contribution in [2.24, 2.45) is 7.05 Å². The molecule has 1 unspecified atom stereocenters. The van der Waals surface area contributed by atoms with Gasteiger partial charge in [-0.25, -0.2) is 14.4 Å². The molecule has 4 heterocycles. The van der Waals surface area contributed by atoms with Crippen molar-refractivity contribution in [3.63, 3.8) is 0 Å². The highest BCUT2D eigenvalue weighted by molar-refractivity contribution is 6.11. The quantitative estimate of drug-likeness (QED) is 0.198. The fraction of sp³-hybridized carbons (Fsp3) is 0.122. The van der Waals surface area contributed by atoms with Crippen LogP contribution in [0.1, 0.15) is 42.3 Å². The van der Waals surface area contributed by atoms with Crippen molar-refractivity contribution in [3.05, 3.63) is 150 Å². The number of alkyl halides is 1. The van der Waals surface area contributed by atoms with Crippen molar-refractivity contribution in [2.75, 3.05) is 0 Å². The summed E-state index contributed by atoms with van der Waals surface area (Å²) in [5.74, 6) is 2.43. The number of para-hydroxylation sites is 4. The minimum absolute atomic E-state index is 0.323. The molecule has 0 bridgehead atoms. The van der Waals surface area contributed by atoms with Gasteiger partial charge in [0.2, 0.25) is 0 Å². The van der Waals surface area contributed by atoms with Crippen LogP contribution >= 0.6 is 0 Å². The van der Waals surface area contributed by atoms with Crippen LogP contribution in [0.25, 0.3) is 50.0 Å². The van der Waals surface area contributed by atoms with Crippen LogP contribution < -0.4 is 4.74 Å². The van der Waals surface area contributed by atoms with E-state index in [1.165, 1.54) is 0 Å². The molecule has 8 aromatic rings. The number of rotatable bonds is 4. The first-order valence-corrected chi connectivity index (χ1v) is 15.9. The standard InChI is InChI=1S/C41H31FN4O/c1-41(2)30-17-5-9-21-34(30)47-35-24-43-40-36(37(35)41)29-16-4-7-19-32(29)46(40)28-15-11-13-26(23-28)38(42)25-12-10-14-27(22-25)39-44-31-18-6-8-20-33(31)45(39)3/h4-24,38H,1-3H3. The van der Waals surface area contributed by atoms with Crippen LogP contribution in [0.5, 0.6) is 11.5 Å². The van der Waals surface area contributed by atoms with E-state index in [1.807, 2.05) is 104 Å². The summed E-state index contributed by atoms with van der Waals surface area (Å²) < 4.78 is 27.1. The number of benzene rings is 5. The van der Waals surface area contributed by atoms with Crippen molar-refractivity contribution in [1.29, 1.82) is 0 Å². The molecular formula is C41H31FN4O. The lowest BCUT2D eigenvalue weighted by Crippen LogP contribution is -2.24. The van der Waals surface area contributed by atoms with Gasteiger partial charge in [0, 0.05) is 45.6 Å². The van der Waals surface area contributed by atoms with Gasteiger partial charge in [0.25, 0.3) is 0 Å². The third-order valence-electron chi connectivity index (χ3n) is 9.70. The number of hydrogen-bond acceptors (Lipinski definition) is 3. The largest absolute Gasteiger partial charge is 0.455 e. The molecule has 0 fully saturated rings. The first kappa shape index (κ1) is 27.6. The normalized spacial score (nSPS) is 14.2. The molecule has 47 heavy (non-hydrogen) atoms. The topological polar surface area (TPSA) is 44.9 Å². The van der Waals surface area contributed by atoms with Crippen molar-refractivity contribution in [2.45, 2.75) is 25.4 Å². The molecule has 1 aliphatic heterocycles. The molecule has 6 heteroatoms. The zero-order chi connectivity index (χ0) is 31.9. The Kier molecular flexibility index (Phi) is 5.94. The summed E-state index contributed by atoms with van der Waals surface area (Å²) in [6.45, 7) is 4.49. The van der Waals surface area contributed by atoms with Crippen LogP contribution in [-0.2, 0) is 12.5 Å². The van der Waals surface area contributed by atoms with E-state index < -0.39 is 6.17 Å². The Morgan fingerprint density at radius 2 is 1.47 bits per heavy atom. The first-order chi connectivity index (χ1) is 22.9. The molecule has 1 aliphatic rings. The number of pyridine rings is 1. The Bertz CT molecular complexity index is 2520. The van der Waals surface area contributed by atoms with Crippen molar-refractivity contribution in [1.82, 2.24) is 19.1 Å². The molecule has 228 valence electrons. The SMILES string of the molecule is Cn1c(-c2cccc(C(F)c3cccc(-n4c5ccccc5c5c6c(cnc54)Oc4ccccc4C6(C)C)c3)c2)nc2ccccc21. The summed E-state index contributed by atoms with van der Waals surface area (Å²) in [5.41, 5.74) is 8.59. The second-order valence-corrected chi connectivity index (χ2v) is 12.8. The molecule has 0 amide bonds. The van der Waals surface area contributed by atoms with Crippen LogP contribution in [0.4, 0.5) is 4.39 Å². The summed E-state index contributed by atoms with van der Waals surface area (Å²) in [4.78, 5) is 9.82. The number of aromatic nitrogens is 4. The van der Waals surface area contributed by atoms with Gasteiger partial charge in [-0.2, -0.15) is 0 Å². The number of ether oxygens (including phenoxy) is 1. The van der Waals surface area contributed by atoms with Gasteiger partial charge >= 0.3 is 0 Å². The molecule has 0 aliphatic carbocycles. The molecule has 9 rings (SSSR count). The molecule has 3 aromatic heterocycles. The van der Waals surface area contributed by atoms with Crippen molar-refractivity contribution in [3.8, 4) is 28.6 Å². The maximum absolute atomic E-state index is 16.5. The maximum Gasteiger partial charge on any atom is 0.150 e. The van der Waals surface area contributed by atoms with Crippen LogP contribution in [0.15, 0.2) is 128 Å². The molecule has 5 nitrogen and oxygen atoms in total. The minimum Gasteiger partial charge on any atom is -0.455 e. The van der Waals surface area contributed by atoms with Gasteiger partial charge in [-0.05, 0) is 53.6 Å². The summed E-state index contributed by atoms with van der Waals surface area (Å²) in [7, 11) is 2.00. The first-order valence-electron chi connectivity index (χ1n) is 15.9. The molecule has 0 radical (unpaired) electrons. The third kappa shape index (κ3) is 4.07. The molecule has 0 saturated carbocycles. The molecule has 1 atom stereocenters. The fourth-order valence-electron chi connectivity index (χ4n) is 7.44. The highest BCUT2D eigenvalue weighted by Gasteiger charge is 2.37. The molecule has 0 N–H and O–H groups in total. The predicted molar refractivity (Wildman–Crippen MR) is 186 cm³/mol. The average Bonchev–Trinajstić information content (AvgIpc) is 3.62. The highest BCUT2D eigenvalue weighted by Crippen LogP contribution is 2.51. The summed E-state index contributed by atoms with van der Waals surface area (Å²) in [5, 5.41) is 2.13. The van der Waals surface area contributed by atoms with Crippen LogP contribution in [0, 0.1) is 0 Å². The second-order valence-electron chi connectivity index (χ2n) is 12.8. The van der Waals surface area contributed by atoms with E-state index in [-0.39, 0.29) is 5.41 Å². The summed E-state index contributed by atoms with van der Waals surface area (Å²) in [6, 6.07) is 40.0. The minimum atomic E-state index is -1.33. The van der Waals surface area contributed by atoms with Crippen molar-refractivity contribution < 1.29 is 9.13 Å². The van der Waals surface area contributed by atoms with Gasteiger partial charge in [-0.3, -0.25) is 4.57 Å². The van der Waals surface area contributed by atoms with Crippen LogP contribution in [0.2, 0.25) is 0 Å². The van der Waals surface area contributed by atoms with Crippen LogP contribution in [0.3, 0.4) is 0 Å². The zero-order valence-electron chi connectivity index (χ0n) is 26.3. The number of aryl methyl sites for hydroxylation is 1. The van der Waals surface area contributed by atoms with E-state index in [0.717, 1.165) is 72.7 Å². The lowest BCUT2D eigenvalue weighted by Gasteiger charge is -2.34. The lowest BCUT2D eigenvalue weighted by atomic mass is 9.74. The Balaban J connectivity index is 1.17. The highest BCUT2D eigenvalue weighted by atomic mass is 19.1. The summed E-state index contributed by atoms with van der Waals surface area (Å²) in [6.07, 6.45) is 0.501. The number of hydrogen-bond donors (Lipinski definition) is 0. The Labute approximate surface area is 271 Å². The van der Waals surface area contributed by atoms with E-state index in [1.54, 1.807) is 0 Å². The number of nitrogens with zero attached hydrogens (tertiary/aromatic N) is 4. The maximum atomic E-state index is 16.5. The molecular weight excluding hydrogens is 583 g/mol. The van der Waals surface area contributed by atoms with E-state index in [9.17, 15) is 0 Å². The average molecular weight is 615 g/mol. The van der Waals surface area contributed by atoms with Gasteiger partial charge in [0.1, 0.15) is 17.2 Å². The third-order valence-corrected chi connectivity index (χ3v) is 9.70. The Hall–Kier alpha value is -5.75. The molecule has 5 aromatic carbocycles. The zero-order valence-corrected chi connectivity index (χ0v) is 26.3. The molecule has 0 spiro atoms. The number of fused-ring (bicyclic) bond motifs is 7. The van der Waals surface area contributed by atoms with E-state index in [2.05, 4.69) is 53.3 Å². The number of halogens is 1. The smallest absolute Gasteiger partial charge is 0.150 e. The summed E-state index contributed by atoms with van der Waals surface area (Å²) >= 11 is 0. The van der Waals surface area contributed by atoms with Gasteiger partial charge in [0.15, 0.2) is 11.9 Å². The van der Waals surface area contributed by atoms with Gasteiger partial charge < -0.3 is 9.30 Å². The fourth-order valence-corrected chi connectivity index (χ4v) is 7.44. The van der Waals surface area contributed by atoms with Crippen LogP contribution in [-0.4, -0.2) is 19.1 Å². The second kappa shape index (κ2) is 10.1. The molecule has 0 saturated heterocycles. The lowest BCUT2D eigenvalue weighted by molar-refractivity contribution is 0.402.